The number of hydrogen-bond acceptors (Lipinski definition) is 6. The quantitative estimate of drug-likeness (QED) is 0.490. The minimum atomic E-state index is -0.611. The Kier molecular flexibility index (Phi) is 4.29. The molecule has 6 fully saturated rings. The van der Waals surface area contributed by atoms with E-state index in [1.807, 2.05) is 0 Å². The Bertz CT molecular complexity index is 819. The minimum absolute atomic E-state index is 0.00493. The first-order valence-electron chi connectivity index (χ1n) is 12.0. The molecule has 172 valence electrons. The molecular weight excluding hydrogens is 396 g/mol. The van der Waals surface area contributed by atoms with Crippen LogP contribution in [0.3, 0.4) is 0 Å². The fourth-order valence-corrected chi connectivity index (χ4v) is 9.60. The third-order valence-electron chi connectivity index (χ3n) is 10.3. The highest BCUT2D eigenvalue weighted by Gasteiger charge is 2.93. The maximum atomic E-state index is 12.0. The van der Waals surface area contributed by atoms with Gasteiger partial charge in [-0.05, 0) is 67.6 Å². The third-order valence-corrected chi connectivity index (χ3v) is 10.3. The maximum Gasteiger partial charge on any atom is 0.303 e. The van der Waals surface area contributed by atoms with E-state index in [1.165, 1.54) is 27.2 Å². The van der Waals surface area contributed by atoms with Crippen LogP contribution in [0.1, 0.15) is 86.0 Å². The topological polar surface area (TPSA) is 78.9 Å². The van der Waals surface area contributed by atoms with Gasteiger partial charge in [0.25, 0.3) is 0 Å². The molecule has 0 aromatic heterocycles. The lowest BCUT2D eigenvalue weighted by atomic mass is 9.39. The lowest BCUT2D eigenvalue weighted by Gasteiger charge is -2.65. The highest BCUT2D eigenvalue weighted by Crippen LogP contribution is 2.85. The zero-order valence-corrected chi connectivity index (χ0v) is 19.5. The van der Waals surface area contributed by atoms with Crippen molar-refractivity contribution < 1.29 is 28.6 Å². The fourth-order valence-electron chi connectivity index (χ4n) is 9.60. The van der Waals surface area contributed by atoms with Crippen LogP contribution < -0.4 is 0 Å². The molecule has 0 amide bonds. The van der Waals surface area contributed by atoms with Crippen LogP contribution in [0.5, 0.6) is 0 Å². The molecule has 0 aliphatic heterocycles. The Hall–Kier alpha value is -1.59. The van der Waals surface area contributed by atoms with E-state index >= 15 is 0 Å². The fraction of sp³-hybridized carbons (Fsp3) is 0.880. The first-order chi connectivity index (χ1) is 14.4. The van der Waals surface area contributed by atoms with E-state index < -0.39 is 11.2 Å². The smallest absolute Gasteiger partial charge is 0.303 e. The van der Waals surface area contributed by atoms with Crippen molar-refractivity contribution in [3.05, 3.63) is 0 Å². The molecule has 8 atom stereocenters. The monoisotopic (exact) mass is 432 g/mol. The lowest BCUT2D eigenvalue weighted by molar-refractivity contribution is -0.193. The summed E-state index contributed by atoms with van der Waals surface area (Å²) in [4.78, 5) is 35.5. The highest BCUT2D eigenvalue weighted by molar-refractivity contribution is 5.71. The van der Waals surface area contributed by atoms with Crippen molar-refractivity contribution >= 4 is 17.9 Å². The Morgan fingerprint density at radius 2 is 1.42 bits per heavy atom. The van der Waals surface area contributed by atoms with Crippen molar-refractivity contribution in [2.45, 2.75) is 97.2 Å². The predicted octanol–water partition coefficient (Wildman–Crippen LogP) is 4.19. The Labute approximate surface area is 184 Å². The summed E-state index contributed by atoms with van der Waals surface area (Å²) in [5, 5.41) is 0. The molecule has 6 aliphatic rings. The summed E-state index contributed by atoms with van der Waals surface area (Å²) in [7, 11) is 0. The number of rotatable bonds is 4. The summed E-state index contributed by atoms with van der Waals surface area (Å²) in [5.41, 5.74) is -0.992. The van der Waals surface area contributed by atoms with Crippen molar-refractivity contribution in [3.63, 3.8) is 0 Å². The van der Waals surface area contributed by atoms with Crippen molar-refractivity contribution in [3.8, 4) is 0 Å². The predicted molar refractivity (Wildman–Crippen MR) is 112 cm³/mol. The van der Waals surface area contributed by atoms with E-state index in [0.717, 1.165) is 44.9 Å². The van der Waals surface area contributed by atoms with Crippen LogP contribution in [0, 0.1) is 34.0 Å². The van der Waals surface area contributed by atoms with Crippen LogP contribution in [0.15, 0.2) is 0 Å². The lowest BCUT2D eigenvalue weighted by Crippen LogP contribution is -2.59. The van der Waals surface area contributed by atoms with Gasteiger partial charge in [0.15, 0.2) is 11.2 Å². The summed E-state index contributed by atoms with van der Waals surface area (Å²) >= 11 is 0. The zero-order valence-electron chi connectivity index (χ0n) is 19.5. The van der Waals surface area contributed by atoms with Gasteiger partial charge < -0.3 is 14.2 Å². The second-order valence-corrected chi connectivity index (χ2v) is 11.9. The van der Waals surface area contributed by atoms with Gasteiger partial charge in [0.1, 0.15) is 0 Å². The van der Waals surface area contributed by atoms with Gasteiger partial charge in [-0.2, -0.15) is 0 Å². The second kappa shape index (κ2) is 6.26. The van der Waals surface area contributed by atoms with Crippen LogP contribution >= 0.6 is 0 Å². The zero-order chi connectivity index (χ0) is 22.4. The van der Waals surface area contributed by atoms with Gasteiger partial charge >= 0.3 is 17.9 Å². The van der Waals surface area contributed by atoms with Crippen molar-refractivity contribution in [1.29, 1.82) is 0 Å². The van der Waals surface area contributed by atoms with Crippen LogP contribution in [0.2, 0.25) is 0 Å². The summed E-state index contributed by atoms with van der Waals surface area (Å²) in [6.45, 7) is 9.69. The van der Waals surface area contributed by atoms with Crippen LogP contribution in [0.4, 0.5) is 0 Å². The third kappa shape index (κ3) is 2.59. The first kappa shape index (κ1) is 21.3. The van der Waals surface area contributed by atoms with Gasteiger partial charge in [-0.1, -0.05) is 20.3 Å². The minimum Gasteiger partial charge on any atom is -0.465 e. The SMILES string of the molecule is CC(=O)OC[C@]1(C)CCC[C@@]2(C)[C@@H]3CC4[C@@]5(OC(C)=O)CC3(CC[C@H]12)C[C@@]45OC(C)=O. The molecule has 6 rings (SSSR count). The summed E-state index contributed by atoms with van der Waals surface area (Å²) in [6, 6.07) is 0. The molecule has 1 spiro atoms. The molecule has 31 heavy (non-hydrogen) atoms. The van der Waals surface area contributed by atoms with E-state index in [-0.39, 0.29) is 40.1 Å². The number of carbonyl (C=O) groups is 3. The second-order valence-electron chi connectivity index (χ2n) is 11.9. The molecule has 0 N–H and O–H groups in total. The van der Waals surface area contributed by atoms with E-state index in [1.54, 1.807) is 0 Å². The van der Waals surface area contributed by atoms with Crippen LogP contribution in [0.25, 0.3) is 0 Å². The molecule has 0 radical (unpaired) electrons. The number of carbonyl (C=O) groups excluding carboxylic acids is 3. The van der Waals surface area contributed by atoms with E-state index in [4.69, 9.17) is 14.2 Å². The van der Waals surface area contributed by atoms with Crippen LogP contribution in [-0.4, -0.2) is 35.7 Å². The standard InChI is InChI=1S/C25H36O6/c1-15(26)29-14-21(4)8-6-9-22(5)18(21)7-10-23-12-24(30-16(2)27)20(11-19(22)23)25(24,13-23)31-17(3)28/h18-20H,6-14H2,1-5H3/t18-,19+,20?,21+,22-,23?,24-,25+/m1/s1. The highest BCUT2D eigenvalue weighted by atomic mass is 16.6. The Balaban J connectivity index is 1.47. The Morgan fingerprint density at radius 1 is 0.806 bits per heavy atom. The van der Waals surface area contributed by atoms with Crippen molar-refractivity contribution in [2.24, 2.45) is 34.0 Å². The molecule has 0 aromatic rings. The number of fused-ring (bicyclic) bond motifs is 1. The van der Waals surface area contributed by atoms with Gasteiger partial charge in [-0.3, -0.25) is 14.4 Å². The van der Waals surface area contributed by atoms with Gasteiger partial charge in [-0.15, -0.1) is 0 Å². The molecule has 2 unspecified atom stereocenters. The number of esters is 3. The van der Waals surface area contributed by atoms with Crippen LogP contribution in [-0.2, 0) is 28.6 Å². The molecule has 0 saturated heterocycles. The van der Waals surface area contributed by atoms with E-state index in [2.05, 4.69) is 13.8 Å². The van der Waals surface area contributed by atoms with Crippen molar-refractivity contribution in [1.82, 2.24) is 0 Å². The Morgan fingerprint density at radius 3 is 1.97 bits per heavy atom. The molecular formula is C25H36O6. The van der Waals surface area contributed by atoms with Crippen molar-refractivity contribution in [2.75, 3.05) is 6.61 Å². The van der Waals surface area contributed by atoms with Gasteiger partial charge in [-0.25, -0.2) is 0 Å². The number of hydrogen-bond donors (Lipinski definition) is 0. The number of ether oxygens (including phenoxy) is 3. The molecule has 6 saturated carbocycles. The average Bonchev–Trinajstić information content (AvgIpc) is 3.04. The maximum absolute atomic E-state index is 12.0. The molecule has 6 aliphatic carbocycles. The van der Waals surface area contributed by atoms with E-state index in [0.29, 0.717) is 18.4 Å². The summed E-state index contributed by atoms with van der Waals surface area (Å²) < 4.78 is 17.5. The average molecular weight is 433 g/mol. The first-order valence-corrected chi connectivity index (χ1v) is 12.0. The molecule has 6 nitrogen and oxygen atoms in total. The summed E-state index contributed by atoms with van der Waals surface area (Å²) in [5.74, 6) is 0.384. The molecule has 0 aromatic carbocycles. The van der Waals surface area contributed by atoms with E-state index in [9.17, 15) is 14.4 Å². The molecule has 4 bridgehead atoms. The normalized spacial score (nSPS) is 51.2. The molecule has 0 heterocycles. The van der Waals surface area contributed by atoms with Gasteiger partial charge in [0.05, 0.1) is 6.61 Å². The van der Waals surface area contributed by atoms with Gasteiger partial charge in [0, 0.05) is 32.1 Å². The summed E-state index contributed by atoms with van der Waals surface area (Å²) in [6.07, 6.45) is 8.18. The van der Waals surface area contributed by atoms with Gasteiger partial charge in [0.2, 0.25) is 0 Å². The molecule has 6 heteroatoms. The largest absolute Gasteiger partial charge is 0.465 e.